The van der Waals surface area contributed by atoms with E-state index in [0.717, 1.165) is 19.2 Å². The third-order valence-corrected chi connectivity index (χ3v) is 4.61. The van der Waals surface area contributed by atoms with E-state index in [1.165, 1.54) is 45.2 Å². The number of methoxy groups -OCH3 is 1. The highest BCUT2D eigenvalue weighted by Crippen LogP contribution is 2.46. The highest BCUT2D eigenvalue weighted by Gasteiger charge is 2.40. The Balaban J connectivity index is 1.82. The lowest BCUT2D eigenvalue weighted by Crippen LogP contribution is -2.38. The van der Waals surface area contributed by atoms with E-state index in [2.05, 4.69) is 17.3 Å². The number of hydrogen-bond donors (Lipinski definition) is 1. The average Bonchev–Trinajstić information content (AvgIpc) is 2.71. The van der Waals surface area contributed by atoms with E-state index < -0.39 is 0 Å². The molecule has 0 radical (unpaired) electrons. The SMILES string of the molecule is COCCN(C)C1CCC2(CCNCC2)C1. The van der Waals surface area contributed by atoms with Crippen molar-refractivity contribution in [2.45, 2.75) is 38.1 Å². The first kappa shape index (κ1) is 12.3. The molecule has 0 aromatic carbocycles. The maximum atomic E-state index is 5.16. The molecule has 2 rings (SSSR count). The number of likely N-dealkylation sites (N-methyl/N-ethyl adjacent to an activating group) is 1. The van der Waals surface area contributed by atoms with E-state index in [1.54, 1.807) is 7.11 Å². The number of nitrogens with one attached hydrogen (secondary N) is 1. The summed E-state index contributed by atoms with van der Waals surface area (Å²) >= 11 is 0. The van der Waals surface area contributed by atoms with Crippen LogP contribution in [0.25, 0.3) is 0 Å². The molecule has 16 heavy (non-hydrogen) atoms. The molecule has 2 fully saturated rings. The Labute approximate surface area is 99.5 Å². The van der Waals surface area contributed by atoms with Crippen molar-refractivity contribution in [2.24, 2.45) is 5.41 Å². The van der Waals surface area contributed by atoms with Crippen LogP contribution in [0, 0.1) is 5.41 Å². The van der Waals surface area contributed by atoms with Crippen molar-refractivity contribution >= 4 is 0 Å². The minimum absolute atomic E-state index is 0.678. The van der Waals surface area contributed by atoms with Gasteiger partial charge in [0.15, 0.2) is 0 Å². The molecule has 0 bridgehead atoms. The largest absolute Gasteiger partial charge is 0.383 e. The first-order valence-corrected chi connectivity index (χ1v) is 6.66. The fourth-order valence-electron chi connectivity index (χ4n) is 3.38. The van der Waals surface area contributed by atoms with E-state index >= 15 is 0 Å². The molecule has 1 aliphatic heterocycles. The number of ether oxygens (including phenoxy) is 1. The van der Waals surface area contributed by atoms with E-state index in [9.17, 15) is 0 Å². The van der Waals surface area contributed by atoms with Gasteiger partial charge in [-0.3, -0.25) is 0 Å². The lowest BCUT2D eigenvalue weighted by atomic mass is 9.77. The molecule has 1 saturated heterocycles. The molecule has 1 N–H and O–H groups in total. The van der Waals surface area contributed by atoms with Gasteiger partial charge in [-0.05, 0) is 57.7 Å². The smallest absolute Gasteiger partial charge is 0.0589 e. The minimum Gasteiger partial charge on any atom is -0.383 e. The Morgan fingerprint density at radius 2 is 2.06 bits per heavy atom. The Kier molecular flexibility index (Phi) is 4.22. The molecule has 0 aromatic rings. The van der Waals surface area contributed by atoms with Crippen LogP contribution in [-0.4, -0.2) is 51.3 Å². The number of piperidine rings is 1. The van der Waals surface area contributed by atoms with Crippen LogP contribution in [0.1, 0.15) is 32.1 Å². The Hall–Kier alpha value is -0.120. The van der Waals surface area contributed by atoms with Gasteiger partial charge in [0.05, 0.1) is 6.61 Å². The van der Waals surface area contributed by atoms with E-state index in [0.29, 0.717) is 5.41 Å². The second-order valence-corrected chi connectivity index (χ2v) is 5.62. The summed E-state index contributed by atoms with van der Waals surface area (Å²) in [4.78, 5) is 2.50. The normalized spacial score (nSPS) is 29.1. The molecule has 1 unspecified atom stereocenters. The predicted molar refractivity (Wildman–Crippen MR) is 66.7 cm³/mol. The summed E-state index contributed by atoms with van der Waals surface area (Å²) in [6, 6.07) is 0.799. The third-order valence-electron chi connectivity index (χ3n) is 4.61. The lowest BCUT2D eigenvalue weighted by molar-refractivity contribution is 0.128. The highest BCUT2D eigenvalue weighted by atomic mass is 16.5. The van der Waals surface area contributed by atoms with E-state index in [4.69, 9.17) is 4.74 Å². The van der Waals surface area contributed by atoms with Crippen molar-refractivity contribution in [3.8, 4) is 0 Å². The van der Waals surface area contributed by atoms with Gasteiger partial charge in [0, 0.05) is 19.7 Å². The fraction of sp³-hybridized carbons (Fsp3) is 1.00. The van der Waals surface area contributed by atoms with Crippen LogP contribution >= 0.6 is 0 Å². The van der Waals surface area contributed by atoms with Crippen molar-refractivity contribution in [2.75, 3.05) is 40.4 Å². The molecule has 1 saturated carbocycles. The second kappa shape index (κ2) is 5.48. The van der Waals surface area contributed by atoms with Gasteiger partial charge in [0.2, 0.25) is 0 Å². The maximum Gasteiger partial charge on any atom is 0.0589 e. The molecule has 3 heteroatoms. The first-order chi connectivity index (χ1) is 7.76. The predicted octanol–water partition coefficient (Wildman–Crippen LogP) is 1.49. The number of rotatable bonds is 4. The van der Waals surface area contributed by atoms with Crippen LogP contribution in [0.4, 0.5) is 0 Å². The Morgan fingerprint density at radius 3 is 2.75 bits per heavy atom. The molecule has 0 aromatic heterocycles. The van der Waals surface area contributed by atoms with Gasteiger partial charge in [-0.1, -0.05) is 0 Å². The Bertz CT molecular complexity index is 214. The molecule has 1 heterocycles. The summed E-state index contributed by atoms with van der Waals surface area (Å²) in [5.74, 6) is 0. The Morgan fingerprint density at radius 1 is 1.31 bits per heavy atom. The number of nitrogens with zero attached hydrogens (tertiary/aromatic N) is 1. The summed E-state index contributed by atoms with van der Waals surface area (Å²) in [5.41, 5.74) is 0.678. The summed E-state index contributed by atoms with van der Waals surface area (Å²) in [7, 11) is 4.04. The maximum absolute atomic E-state index is 5.16. The van der Waals surface area contributed by atoms with Crippen LogP contribution < -0.4 is 5.32 Å². The van der Waals surface area contributed by atoms with Gasteiger partial charge in [0.25, 0.3) is 0 Å². The molecule has 1 atom stereocenters. The highest BCUT2D eigenvalue weighted by molar-refractivity contribution is 4.95. The molecular formula is C13H26N2O. The molecule has 1 aliphatic carbocycles. The second-order valence-electron chi connectivity index (χ2n) is 5.62. The van der Waals surface area contributed by atoms with Crippen LogP contribution in [-0.2, 0) is 4.74 Å². The lowest BCUT2D eigenvalue weighted by Gasteiger charge is -2.35. The molecule has 3 nitrogen and oxygen atoms in total. The minimum atomic E-state index is 0.678. The first-order valence-electron chi connectivity index (χ1n) is 6.66. The van der Waals surface area contributed by atoms with Crippen molar-refractivity contribution in [1.29, 1.82) is 0 Å². The zero-order chi connectivity index (χ0) is 11.4. The van der Waals surface area contributed by atoms with E-state index in [-0.39, 0.29) is 0 Å². The van der Waals surface area contributed by atoms with Crippen molar-refractivity contribution in [3.63, 3.8) is 0 Å². The zero-order valence-corrected chi connectivity index (χ0v) is 10.8. The van der Waals surface area contributed by atoms with Gasteiger partial charge >= 0.3 is 0 Å². The molecule has 2 aliphatic rings. The summed E-state index contributed by atoms with van der Waals surface area (Å²) in [6.07, 6.45) is 7.02. The van der Waals surface area contributed by atoms with Crippen LogP contribution in [0.15, 0.2) is 0 Å². The van der Waals surface area contributed by atoms with Gasteiger partial charge in [0.1, 0.15) is 0 Å². The molecule has 1 spiro atoms. The third kappa shape index (κ3) is 2.76. The van der Waals surface area contributed by atoms with E-state index in [1.807, 2.05) is 0 Å². The molecule has 0 amide bonds. The topological polar surface area (TPSA) is 24.5 Å². The standard InChI is InChI=1S/C13H26N2O/c1-15(9-10-16-2)12-3-4-13(11-12)5-7-14-8-6-13/h12,14H,3-11H2,1-2H3. The van der Waals surface area contributed by atoms with Crippen LogP contribution in [0.2, 0.25) is 0 Å². The van der Waals surface area contributed by atoms with Crippen LogP contribution in [0.5, 0.6) is 0 Å². The molecular weight excluding hydrogens is 200 g/mol. The van der Waals surface area contributed by atoms with Crippen molar-refractivity contribution in [1.82, 2.24) is 10.2 Å². The molecule has 94 valence electrons. The average molecular weight is 226 g/mol. The van der Waals surface area contributed by atoms with Crippen molar-refractivity contribution in [3.05, 3.63) is 0 Å². The zero-order valence-electron chi connectivity index (χ0n) is 10.8. The van der Waals surface area contributed by atoms with Crippen LogP contribution in [0.3, 0.4) is 0 Å². The van der Waals surface area contributed by atoms with Gasteiger partial charge in [-0.15, -0.1) is 0 Å². The number of hydrogen-bond acceptors (Lipinski definition) is 3. The summed E-state index contributed by atoms with van der Waals surface area (Å²) in [5, 5.41) is 3.48. The fourth-order valence-corrected chi connectivity index (χ4v) is 3.38. The van der Waals surface area contributed by atoms with Gasteiger partial charge in [-0.25, -0.2) is 0 Å². The summed E-state index contributed by atoms with van der Waals surface area (Å²) in [6.45, 7) is 4.40. The van der Waals surface area contributed by atoms with Crippen molar-refractivity contribution < 1.29 is 4.74 Å². The monoisotopic (exact) mass is 226 g/mol. The summed E-state index contributed by atoms with van der Waals surface area (Å²) < 4.78 is 5.16. The van der Waals surface area contributed by atoms with Gasteiger partial charge < -0.3 is 15.0 Å². The van der Waals surface area contributed by atoms with Gasteiger partial charge in [-0.2, -0.15) is 0 Å². The quantitative estimate of drug-likeness (QED) is 0.786.